The van der Waals surface area contributed by atoms with Crippen LogP contribution >= 0.6 is 0 Å². The van der Waals surface area contributed by atoms with Gasteiger partial charge in [-0.05, 0) is 42.7 Å². The lowest BCUT2D eigenvalue weighted by Gasteiger charge is -2.25. The number of hydrogen-bond acceptors (Lipinski definition) is 5. The molecule has 4 rings (SSSR count). The summed E-state index contributed by atoms with van der Waals surface area (Å²) in [5.41, 5.74) is 2.41. The van der Waals surface area contributed by atoms with Gasteiger partial charge in [0.25, 0.3) is 5.91 Å². The van der Waals surface area contributed by atoms with Gasteiger partial charge >= 0.3 is 0 Å². The lowest BCUT2D eigenvalue weighted by molar-refractivity contribution is 0.0734. The number of hydrogen-bond donors (Lipinski definition) is 0. The van der Waals surface area contributed by atoms with E-state index in [0.717, 1.165) is 36.3 Å². The summed E-state index contributed by atoms with van der Waals surface area (Å²) < 4.78 is 5.32. The van der Waals surface area contributed by atoms with Crippen molar-refractivity contribution in [2.45, 2.75) is 18.9 Å². The SMILES string of the molecule is COc1cccc([C@@H]2CCCN2C(=O)c2cnc(-c3cccnc3)nc2)c1. The van der Waals surface area contributed by atoms with Crippen LogP contribution in [0.25, 0.3) is 11.4 Å². The van der Waals surface area contributed by atoms with E-state index in [-0.39, 0.29) is 11.9 Å². The van der Waals surface area contributed by atoms with Crippen LogP contribution < -0.4 is 4.74 Å². The summed E-state index contributed by atoms with van der Waals surface area (Å²) in [5.74, 6) is 1.32. The normalized spacial score (nSPS) is 16.3. The maximum atomic E-state index is 13.0. The van der Waals surface area contributed by atoms with Gasteiger partial charge in [0.2, 0.25) is 0 Å². The molecule has 3 aromatic rings. The molecule has 0 unspecified atom stereocenters. The molecule has 1 aromatic carbocycles. The third kappa shape index (κ3) is 3.51. The zero-order valence-electron chi connectivity index (χ0n) is 15.1. The predicted octanol–water partition coefficient (Wildman–Crippen LogP) is 3.52. The van der Waals surface area contributed by atoms with Crippen molar-refractivity contribution in [2.24, 2.45) is 0 Å². The monoisotopic (exact) mass is 360 g/mol. The van der Waals surface area contributed by atoms with Gasteiger partial charge < -0.3 is 9.64 Å². The second-order valence-corrected chi connectivity index (χ2v) is 6.47. The maximum absolute atomic E-state index is 13.0. The highest BCUT2D eigenvalue weighted by atomic mass is 16.5. The summed E-state index contributed by atoms with van der Waals surface area (Å²) in [6, 6.07) is 11.7. The fraction of sp³-hybridized carbons (Fsp3) is 0.238. The molecule has 1 aliphatic heterocycles. The van der Waals surface area contributed by atoms with E-state index in [2.05, 4.69) is 15.0 Å². The van der Waals surface area contributed by atoms with E-state index in [1.165, 1.54) is 0 Å². The Morgan fingerprint density at radius 1 is 1.15 bits per heavy atom. The Hall–Kier alpha value is -3.28. The topological polar surface area (TPSA) is 68.2 Å². The van der Waals surface area contributed by atoms with Crippen molar-refractivity contribution in [1.29, 1.82) is 0 Å². The number of methoxy groups -OCH3 is 1. The number of rotatable bonds is 4. The van der Waals surface area contributed by atoms with Crippen LogP contribution in [0.5, 0.6) is 5.75 Å². The van der Waals surface area contributed by atoms with Gasteiger partial charge in [-0.1, -0.05) is 12.1 Å². The van der Waals surface area contributed by atoms with Crippen LogP contribution in [0.2, 0.25) is 0 Å². The van der Waals surface area contributed by atoms with Gasteiger partial charge in [0.15, 0.2) is 5.82 Å². The van der Waals surface area contributed by atoms with E-state index in [4.69, 9.17) is 4.74 Å². The average Bonchev–Trinajstić information content (AvgIpc) is 3.24. The first-order chi connectivity index (χ1) is 13.3. The Labute approximate surface area is 157 Å². The quantitative estimate of drug-likeness (QED) is 0.712. The molecule has 1 saturated heterocycles. The fourth-order valence-corrected chi connectivity index (χ4v) is 3.45. The molecule has 3 heterocycles. The minimum Gasteiger partial charge on any atom is -0.497 e. The van der Waals surface area contributed by atoms with E-state index in [1.54, 1.807) is 31.9 Å². The van der Waals surface area contributed by atoms with Crippen LogP contribution in [0.15, 0.2) is 61.2 Å². The number of benzene rings is 1. The molecule has 0 aliphatic carbocycles. The molecule has 1 atom stereocenters. The van der Waals surface area contributed by atoms with Gasteiger partial charge in [-0.2, -0.15) is 0 Å². The number of carbonyl (C=O) groups is 1. The number of aromatic nitrogens is 3. The van der Waals surface area contributed by atoms with Crippen LogP contribution in [0.3, 0.4) is 0 Å². The van der Waals surface area contributed by atoms with Crippen LogP contribution in [0, 0.1) is 0 Å². The van der Waals surface area contributed by atoms with Crippen molar-refractivity contribution < 1.29 is 9.53 Å². The maximum Gasteiger partial charge on any atom is 0.257 e. The lowest BCUT2D eigenvalue weighted by atomic mass is 10.0. The zero-order valence-corrected chi connectivity index (χ0v) is 15.1. The molecule has 0 saturated carbocycles. The first-order valence-corrected chi connectivity index (χ1v) is 8.93. The first-order valence-electron chi connectivity index (χ1n) is 8.93. The number of pyridine rings is 1. The van der Waals surface area contributed by atoms with Crippen LogP contribution in [0.1, 0.15) is 34.8 Å². The summed E-state index contributed by atoms with van der Waals surface area (Å²) in [5, 5.41) is 0. The molecule has 1 fully saturated rings. The molecule has 0 spiro atoms. The van der Waals surface area contributed by atoms with Gasteiger partial charge in [0, 0.05) is 36.9 Å². The number of amides is 1. The van der Waals surface area contributed by atoms with Crippen LogP contribution in [0.4, 0.5) is 0 Å². The molecule has 0 N–H and O–H groups in total. The van der Waals surface area contributed by atoms with Crippen molar-refractivity contribution in [1.82, 2.24) is 19.9 Å². The number of nitrogens with zero attached hydrogens (tertiary/aromatic N) is 4. The standard InChI is InChI=1S/C21H20N4O2/c1-27-18-7-2-5-15(11-18)19-8-4-10-25(19)21(26)17-13-23-20(24-14-17)16-6-3-9-22-12-16/h2-3,5-7,9,11-14,19H,4,8,10H2,1H3/t19-/m0/s1. The van der Waals surface area contributed by atoms with E-state index in [0.29, 0.717) is 11.4 Å². The third-order valence-electron chi connectivity index (χ3n) is 4.81. The Morgan fingerprint density at radius 2 is 2.00 bits per heavy atom. The zero-order chi connectivity index (χ0) is 18.6. The fourth-order valence-electron chi connectivity index (χ4n) is 3.45. The van der Waals surface area contributed by atoms with Gasteiger partial charge in [-0.25, -0.2) is 9.97 Å². The van der Waals surface area contributed by atoms with Crippen LogP contribution in [-0.2, 0) is 0 Å². The second kappa shape index (κ2) is 7.53. The summed E-state index contributed by atoms with van der Waals surface area (Å²) in [6.07, 6.45) is 8.51. The highest BCUT2D eigenvalue weighted by Gasteiger charge is 2.31. The van der Waals surface area contributed by atoms with Gasteiger partial charge in [0.05, 0.1) is 18.7 Å². The van der Waals surface area contributed by atoms with E-state index >= 15 is 0 Å². The molecule has 6 nitrogen and oxygen atoms in total. The predicted molar refractivity (Wildman–Crippen MR) is 101 cm³/mol. The Balaban J connectivity index is 1.56. The summed E-state index contributed by atoms with van der Waals surface area (Å²) >= 11 is 0. The van der Waals surface area contributed by atoms with Crippen LogP contribution in [-0.4, -0.2) is 39.4 Å². The average molecular weight is 360 g/mol. The number of likely N-dealkylation sites (tertiary alicyclic amines) is 1. The van der Waals surface area contributed by atoms with E-state index in [1.807, 2.05) is 41.3 Å². The van der Waals surface area contributed by atoms with Gasteiger partial charge in [-0.15, -0.1) is 0 Å². The van der Waals surface area contributed by atoms with Crippen molar-refractivity contribution >= 4 is 5.91 Å². The molecule has 27 heavy (non-hydrogen) atoms. The van der Waals surface area contributed by atoms with Crippen molar-refractivity contribution in [3.63, 3.8) is 0 Å². The minimum absolute atomic E-state index is 0.0435. The smallest absolute Gasteiger partial charge is 0.257 e. The molecule has 0 bridgehead atoms. The molecule has 136 valence electrons. The molecular formula is C21H20N4O2. The van der Waals surface area contributed by atoms with Crippen molar-refractivity contribution in [3.8, 4) is 17.1 Å². The molecule has 1 aliphatic rings. The molecule has 2 aromatic heterocycles. The largest absolute Gasteiger partial charge is 0.497 e. The van der Waals surface area contributed by atoms with E-state index < -0.39 is 0 Å². The van der Waals surface area contributed by atoms with Gasteiger partial charge in [0.1, 0.15) is 5.75 Å². The molecule has 1 amide bonds. The Morgan fingerprint density at radius 3 is 2.74 bits per heavy atom. The Bertz CT molecular complexity index is 928. The van der Waals surface area contributed by atoms with Crippen molar-refractivity contribution in [2.75, 3.05) is 13.7 Å². The van der Waals surface area contributed by atoms with Crippen molar-refractivity contribution in [3.05, 3.63) is 72.3 Å². The minimum atomic E-state index is -0.0435. The van der Waals surface area contributed by atoms with Gasteiger partial charge in [-0.3, -0.25) is 9.78 Å². The molecular weight excluding hydrogens is 340 g/mol. The first kappa shape index (κ1) is 17.1. The third-order valence-corrected chi connectivity index (χ3v) is 4.81. The summed E-state index contributed by atoms with van der Waals surface area (Å²) in [4.78, 5) is 27.7. The molecule has 6 heteroatoms. The number of carbonyl (C=O) groups excluding carboxylic acids is 1. The summed E-state index contributed by atoms with van der Waals surface area (Å²) in [7, 11) is 1.65. The molecule has 0 radical (unpaired) electrons. The lowest BCUT2D eigenvalue weighted by Crippen LogP contribution is -2.30. The Kier molecular flexibility index (Phi) is 4.78. The summed E-state index contributed by atoms with van der Waals surface area (Å²) in [6.45, 7) is 0.727. The highest BCUT2D eigenvalue weighted by molar-refractivity contribution is 5.94. The van der Waals surface area contributed by atoms with E-state index in [9.17, 15) is 4.79 Å². The second-order valence-electron chi connectivity index (χ2n) is 6.47. The number of ether oxygens (including phenoxy) is 1. The highest BCUT2D eigenvalue weighted by Crippen LogP contribution is 2.34.